The average molecular weight is 290 g/mol. The molecule has 2 amide bonds. The number of carboxylic acid groups (broad SMARTS) is 1. The molecule has 0 aromatic carbocycles. The molecule has 0 saturated heterocycles. The Morgan fingerprint density at radius 3 is 2.47 bits per heavy atom. The second kappa shape index (κ2) is 9.95. The maximum Gasteiger partial charge on any atom is 0.317 e. The summed E-state index contributed by atoms with van der Waals surface area (Å²) in [4.78, 5) is 24.2. The van der Waals surface area contributed by atoms with Gasteiger partial charge in [-0.3, -0.25) is 4.79 Å². The van der Waals surface area contributed by atoms with Gasteiger partial charge in [-0.25, -0.2) is 4.79 Å². The first kappa shape index (κ1) is 18.1. The molecule has 2 N–H and O–H groups in total. The largest absolute Gasteiger partial charge is 0.481 e. The highest BCUT2D eigenvalue weighted by atomic mass is 32.2. The van der Waals surface area contributed by atoms with Gasteiger partial charge >= 0.3 is 12.0 Å². The molecule has 0 unspecified atom stereocenters. The van der Waals surface area contributed by atoms with Crippen molar-refractivity contribution >= 4 is 23.8 Å². The lowest BCUT2D eigenvalue weighted by molar-refractivity contribution is -0.138. The molecule has 0 saturated carbocycles. The first-order valence-electron chi connectivity index (χ1n) is 6.56. The Morgan fingerprint density at radius 2 is 2.00 bits per heavy atom. The molecule has 0 heterocycles. The highest BCUT2D eigenvalue weighted by molar-refractivity contribution is 7.98. The number of urea groups is 1. The number of carbonyl (C=O) groups excluding carboxylic acids is 1. The van der Waals surface area contributed by atoms with E-state index in [1.54, 1.807) is 23.7 Å². The third kappa shape index (κ3) is 9.64. The van der Waals surface area contributed by atoms with Crippen LogP contribution >= 0.6 is 11.8 Å². The van der Waals surface area contributed by atoms with Crippen LogP contribution in [-0.2, 0) is 4.79 Å². The van der Waals surface area contributed by atoms with Crippen molar-refractivity contribution in [3.8, 4) is 0 Å². The van der Waals surface area contributed by atoms with Crippen molar-refractivity contribution in [2.75, 3.05) is 32.1 Å². The Bertz CT molecular complexity index is 285. The van der Waals surface area contributed by atoms with Gasteiger partial charge in [-0.05, 0) is 24.5 Å². The third-order valence-corrected chi connectivity index (χ3v) is 3.38. The number of amides is 2. The zero-order chi connectivity index (χ0) is 14.8. The Morgan fingerprint density at radius 1 is 1.37 bits per heavy atom. The van der Waals surface area contributed by atoms with E-state index in [4.69, 9.17) is 5.11 Å². The molecule has 0 bridgehead atoms. The molecule has 1 atom stereocenters. The minimum absolute atomic E-state index is 0.00426. The Balaban J connectivity index is 4.14. The summed E-state index contributed by atoms with van der Waals surface area (Å²) in [5, 5.41) is 11.7. The van der Waals surface area contributed by atoms with Gasteiger partial charge in [0, 0.05) is 32.3 Å². The summed E-state index contributed by atoms with van der Waals surface area (Å²) >= 11 is 1.69. The van der Waals surface area contributed by atoms with Crippen molar-refractivity contribution in [1.29, 1.82) is 0 Å². The normalized spacial score (nSPS) is 12.3. The van der Waals surface area contributed by atoms with E-state index in [0.29, 0.717) is 19.0 Å². The van der Waals surface area contributed by atoms with Crippen LogP contribution in [0.4, 0.5) is 4.79 Å². The van der Waals surface area contributed by atoms with Crippen LogP contribution in [0.2, 0.25) is 0 Å². The number of aliphatic carboxylic acids is 1. The second-order valence-electron chi connectivity index (χ2n) is 5.19. The van der Waals surface area contributed by atoms with Gasteiger partial charge in [0.15, 0.2) is 0 Å². The van der Waals surface area contributed by atoms with Gasteiger partial charge in [0.25, 0.3) is 0 Å². The number of carboxylic acids is 1. The molecule has 0 aliphatic heterocycles. The van der Waals surface area contributed by atoms with E-state index in [2.05, 4.69) is 19.2 Å². The van der Waals surface area contributed by atoms with Crippen molar-refractivity contribution in [1.82, 2.24) is 10.2 Å². The van der Waals surface area contributed by atoms with Crippen LogP contribution < -0.4 is 5.32 Å². The van der Waals surface area contributed by atoms with Gasteiger partial charge in [0.1, 0.15) is 0 Å². The Kier molecular flexibility index (Phi) is 9.47. The van der Waals surface area contributed by atoms with E-state index in [0.717, 1.165) is 12.2 Å². The zero-order valence-corrected chi connectivity index (χ0v) is 13.1. The monoisotopic (exact) mass is 290 g/mol. The summed E-state index contributed by atoms with van der Waals surface area (Å²) in [6, 6.07) is -0.131. The molecule has 0 aromatic rings. The Hall–Kier alpha value is -0.910. The molecule has 112 valence electrons. The fraction of sp³-hybridized carbons (Fsp3) is 0.846. The standard InChI is InChI=1S/C13H26N2O3S/c1-10(2)7-11(8-12(16)17)9-14-13(18)15(3)5-6-19-4/h10-11H,5-9H2,1-4H3,(H,14,18)(H,16,17)/t11-/m0/s1. The molecule has 0 aliphatic carbocycles. The summed E-state index contributed by atoms with van der Waals surface area (Å²) in [7, 11) is 1.75. The summed E-state index contributed by atoms with van der Waals surface area (Å²) in [6.45, 7) is 5.23. The highest BCUT2D eigenvalue weighted by Gasteiger charge is 2.17. The van der Waals surface area contributed by atoms with Crippen LogP contribution in [0.25, 0.3) is 0 Å². The number of hydrogen-bond acceptors (Lipinski definition) is 3. The van der Waals surface area contributed by atoms with E-state index in [-0.39, 0.29) is 18.4 Å². The lowest BCUT2D eigenvalue weighted by Crippen LogP contribution is -2.41. The third-order valence-electron chi connectivity index (χ3n) is 2.79. The minimum Gasteiger partial charge on any atom is -0.481 e. The van der Waals surface area contributed by atoms with E-state index >= 15 is 0 Å². The highest BCUT2D eigenvalue weighted by Crippen LogP contribution is 2.14. The van der Waals surface area contributed by atoms with Crippen LogP contribution in [0.1, 0.15) is 26.7 Å². The van der Waals surface area contributed by atoms with Crippen LogP contribution in [-0.4, -0.2) is 54.2 Å². The molecule has 0 fully saturated rings. The summed E-state index contributed by atoms with van der Waals surface area (Å²) in [5.41, 5.74) is 0. The number of hydrogen-bond donors (Lipinski definition) is 2. The van der Waals surface area contributed by atoms with Crippen molar-refractivity contribution in [3.05, 3.63) is 0 Å². The van der Waals surface area contributed by atoms with Crippen molar-refractivity contribution in [2.45, 2.75) is 26.7 Å². The fourth-order valence-electron chi connectivity index (χ4n) is 1.85. The second-order valence-corrected chi connectivity index (χ2v) is 6.18. The topological polar surface area (TPSA) is 69.6 Å². The van der Waals surface area contributed by atoms with Crippen molar-refractivity contribution in [3.63, 3.8) is 0 Å². The van der Waals surface area contributed by atoms with Crippen LogP contribution in [0, 0.1) is 11.8 Å². The molecule has 0 aliphatic rings. The zero-order valence-electron chi connectivity index (χ0n) is 12.3. The molecular formula is C13H26N2O3S. The number of carbonyl (C=O) groups is 2. The first-order valence-corrected chi connectivity index (χ1v) is 7.95. The summed E-state index contributed by atoms with van der Waals surface area (Å²) in [6.07, 6.45) is 2.91. The molecule has 5 nitrogen and oxygen atoms in total. The minimum atomic E-state index is -0.810. The number of nitrogens with one attached hydrogen (secondary N) is 1. The van der Waals surface area contributed by atoms with Gasteiger partial charge in [-0.15, -0.1) is 0 Å². The molecule has 0 aromatic heterocycles. The van der Waals surface area contributed by atoms with Crippen LogP contribution in [0.15, 0.2) is 0 Å². The lowest BCUT2D eigenvalue weighted by atomic mass is 9.94. The first-order chi connectivity index (χ1) is 8.86. The molecular weight excluding hydrogens is 264 g/mol. The number of rotatable bonds is 9. The molecule has 0 radical (unpaired) electrons. The molecule has 0 rings (SSSR count). The summed E-state index contributed by atoms with van der Waals surface area (Å²) in [5.74, 6) is 0.510. The van der Waals surface area contributed by atoms with Gasteiger partial charge in [0.05, 0.1) is 0 Å². The summed E-state index contributed by atoms with van der Waals surface area (Å²) < 4.78 is 0. The lowest BCUT2D eigenvalue weighted by Gasteiger charge is -2.21. The van der Waals surface area contributed by atoms with E-state index < -0.39 is 5.97 Å². The molecule has 0 spiro atoms. The van der Waals surface area contributed by atoms with Crippen molar-refractivity contribution in [2.24, 2.45) is 11.8 Å². The maximum atomic E-state index is 11.8. The molecule has 19 heavy (non-hydrogen) atoms. The maximum absolute atomic E-state index is 11.8. The number of nitrogens with zero attached hydrogens (tertiary/aromatic N) is 1. The predicted molar refractivity (Wildman–Crippen MR) is 79.6 cm³/mol. The molecule has 6 heteroatoms. The van der Waals surface area contributed by atoms with Gasteiger partial charge in [-0.2, -0.15) is 11.8 Å². The van der Waals surface area contributed by atoms with Gasteiger partial charge < -0.3 is 15.3 Å². The van der Waals surface area contributed by atoms with Gasteiger partial charge in [-0.1, -0.05) is 13.8 Å². The quantitative estimate of drug-likeness (QED) is 0.682. The predicted octanol–water partition coefficient (Wildman–Crippen LogP) is 2.13. The smallest absolute Gasteiger partial charge is 0.317 e. The van der Waals surface area contributed by atoms with E-state index in [1.807, 2.05) is 6.26 Å². The van der Waals surface area contributed by atoms with Crippen LogP contribution in [0.5, 0.6) is 0 Å². The van der Waals surface area contributed by atoms with E-state index in [9.17, 15) is 9.59 Å². The average Bonchev–Trinajstić information content (AvgIpc) is 2.31. The van der Waals surface area contributed by atoms with Crippen LogP contribution in [0.3, 0.4) is 0 Å². The van der Waals surface area contributed by atoms with E-state index in [1.165, 1.54) is 0 Å². The van der Waals surface area contributed by atoms with Gasteiger partial charge in [0.2, 0.25) is 0 Å². The Labute approximate surface area is 120 Å². The van der Waals surface area contributed by atoms with Crippen molar-refractivity contribution < 1.29 is 14.7 Å². The number of thioether (sulfide) groups is 1. The fourth-order valence-corrected chi connectivity index (χ4v) is 2.31. The SMILES string of the molecule is CSCCN(C)C(=O)NC[C@H](CC(=O)O)CC(C)C.